The zero-order valence-corrected chi connectivity index (χ0v) is 22.8. The molecule has 0 unspecified atom stereocenters. The van der Waals surface area contributed by atoms with Gasteiger partial charge in [-0.05, 0) is 63.4 Å². The highest BCUT2D eigenvalue weighted by Gasteiger charge is 2.28. The van der Waals surface area contributed by atoms with Gasteiger partial charge >= 0.3 is 0 Å². The van der Waals surface area contributed by atoms with Crippen molar-refractivity contribution in [1.29, 1.82) is 0 Å². The molecule has 0 saturated carbocycles. The van der Waals surface area contributed by atoms with Crippen molar-refractivity contribution in [3.63, 3.8) is 0 Å². The molecule has 9 heteroatoms. The van der Waals surface area contributed by atoms with Gasteiger partial charge in [-0.15, -0.1) is 0 Å². The monoisotopic (exact) mass is 517 g/mol. The molecule has 0 bridgehead atoms. The third-order valence-corrected chi connectivity index (χ3v) is 6.99. The summed E-state index contributed by atoms with van der Waals surface area (Å²) in [6.07, 6.45) is 2.06. The number of anilines is 1. The summed E-state index contributed by atoms with van der Waals surface area (Å²) in [7, 11) is -3.55. The number of benzene rings is 2. The van der Waals surface area contributed by atoms with Crippen LogP contribution in [0, 0.1) is 6.92 Å². The average Bonchev–Trinajstić information content (AvgIpc) is 2.83. The standard InChI is InChI=1S/C27H39N3O5S/c1-6-25(27(32)28-7-2)29(20-22-13-11-21(4)12-14-22)26(31)10-9-19-30(36(5,33)34)23-15-17-24(18-16-23)35-8-3/h11-18,25H,6-10,19-20H2,1-5H3,(H,28,32)/t25-/m0/s1. The molecule has 0 spiro atoms. The van der Waals surface area contributed by atoms with Crippen LogP contribution in [0.2, 0.25) is 0 Å². The predicted octanol–water partition coefficient (Wildman–Crippen LogP) is 3.88. The van der Waals surface area contributed by atoms with Gasteiger partial charge in [0.05, 0.1) is 18.6 Å². The van der Waals surface area contributed by atoms with Gasteiger partial charge in [0.25, 0.3) is 0 Å². The number of carbonyl (C=O) groups is 2. The summed E-state index contributed by atoms with van der Waals surface area (Å²) >= 11 is 0. The van der Waals surface area contributed by atoms with Gasteiger partial charge in [-0.25, -0.2) is 8.42 Å². The van der Waals surface area contributed by atoms with Gasteiger partial charge in [0.15, 0.2) is 0 Å². The highest BCUT2D eigenvalue weighted by molar-refractivity contribution is 7.92. The van der Waals surface area contributed by atoms with Gasteiger partial charge in [-0.2, -0.15) is 0 Å². The molecule has 1 N–H and O–H groups in total. The summed E-state index contributed by atoms with van der Waals surface area (Å²) in [5.74, 6) is 0.286. The third kappa shape index (κ3) is 8.55. The second kappa shape index (κ2) is 13.9. The first-order valence-corrected chi connectivity index (χ1v) is 14.3. The molecule has 0 fully saturated rings. The fraction of sp³-hybridized carbons (Fsp3) is 0.481. The summed E-state index contributed by atoms with van der Waals surface area (Å²) in [5.41, 5.74) is 2.56. The molecule has 8 nitrogen and oxygen atoms in total. The van der Waals surface area contributed by atoms with Crippen molar-refractivity contribution >= 4 is 27.5 Å². The van der Waals surface area contributed by atoms with Crippen molar-refractivity contribution in [2.45, 2.75) is 59.5 Å². The fourth-order valence-corrected chi connectivity index (χ4v) is 4.95. The predicted molar refractivity (Wildman–Crippen MR) is 144 cm³/mol. The van der Waals surface area contributed by atoms with Crippen molar-refractivity contribution in [3.05, 3.63) is 59.7 Å². The summed E-state index contributed by atoms with van der Waals surface area (Å²) in [4.78, 5) is 27.7. The van der Waals surface area contributed by atoms with Crippen molar-refractivity contribution in [3.8, 4) is 5.75 Å². The SMILES string of the molecule is CCNC(=O)[C@H](CC)N(Cc1ccc(C)cc1)C(=O)CCCN(c1ccc(OCC)cc1)S(C)(=O)=O. The molecule has 0 aromatic heterocycles. The number of sulfonamides is 1. The van der Waals surface area contributed by atoms with E-state index in [0.29, 0.717) is 44.0 Å². The number of hydrogen-bond donors (Lipinski definition) is 1. The van der Waals surface area contributed by atoms with Crippen LogP contribution in [0.3, 0.4) is 0 Å². The molecule has 2 aromatic rings. The van der Waals surface area contributed by atoms with Gasteiger partial charge < -0.3 is 15.0 Å². The minimum atomic E-state index is -3.55. The van der Waals surface area contributed by atoms with Crippen LogP contribution in [-0.2, 0) is 26.2 Å². The Morgan fingerprint density at radius 2 is 1.64 bits per heavy atom. The average molecular weight is 518 g/mol. The molecule has 2 rings (SSSR count). The molecule has 2 amide bonds. The minimum Gasteiger partial charge on any atom is -0.494 e. The van der Waals surface area contributed by atoms with E-state index in [9.17, 15) is 18.0 Å². The number of likely N-dealkylation sites (N-methyl/N-ethyl adjacent to an activating group) is 1. The highest BCUT2D eigenvalue weighted by Crippen LogP contribution is 2.23. The topological polar surface area (TPSA) is 96.0 Å². The lowest BCUT2D eigenvalue weighted by Gasteiger charge is -2.31. The van der Waals surface area contributed by atoms with E-state index in [1.54, 1.807) is 29.2 Å². The van der Waals surface area contributed by atoms with Crippen LogP contribution in [0.25, 0.3) is 0 Å². The number of aryl methyl sites for hydroxylation is 1. The van der Waals surface area contributed by atoms with Gasteiger partial charge in [-0.3, -0.25) is 13.9 Å². The van der Waals surface area contributed by atoms with Crippen molar-refractivity contribution < 1.29 is 22.7 Å². The number of nitrogens with zero attached hydrogens (tertiary/aromatic N) is 2. The van der Waals surface area contributed by atoms with E-state index in [1.165, 1.54) is 4.31 Å². The molecule has 0 radical (unpaired) electrons. The quantitative estimate of drug-likeness (QED) is 0.410. The second-order valence-electron chi connectivity index (χ2n) is 8.69. The van der Waals surface area contributed by atoms with E-state index in [0.717, 1.165) is 17.4 Å². The van der Waals surface area contributed by atoms with Gasteiger partial charge in [0.2, 0.25) is 21.8 Å². The van der Waals surface area contributed by atoms with Crippen LogP contribution >= 0.6 is 0 Å². The van der Waals surface area contributed by atoms with Crippen LogP contribution in [0.4, 0.5) is 5.69 Å². The Labute approximate surface area is 215 Å². The molecule has 1 atom stereocenters. The third-order valence-electron chi connectivity index (χ3n) is 5.80. The van der Waals surface area contributed by atoms with E-state index in [-0.39, 0.29) is 24.8 Å². The summed E-state index contributed by atoms with van der Waals surface area (Å²) in [6.45, 7) is 9.06. The van der Waals surface area contributed by atoms with Crippen molar-refractivity contribution in [2.24, 2.45) is 0 Å². The molecule has 0 saturated heterocycles. The summed E-state index contributed by atoms with van der Waals surface area (Å²) in [5, 5.41) is 2.83. The van der Waals surface area contributed by atoms with Crippen molar-refractivity contribution in [1.82, 2.24) is 10.2 Å². The molecular weight excluding hydrogens is 478 g/mol. The number of hydrogen-bond acceptors (Lipinski definition) is 5. The van der Waals surface area contributed by atoms with E-state index >= 15 is 0 Å². The smallest absolute Gasteiger partial charge is 0.242 e. The lowest BCUT2D eigenvalue weighted by molar-refractivity contribution is -0.141. The Kier molecular flexibility index (Phi) is 11.2. The Morgan fingerprint density at radius 1 is 1.00 bits per heavy atom. The number of amides is 2. The molecule has 0 aliphatic rings. The van der Waals surface area contributed by atoms with E-state index in [4.69, 9.17) is 4.74 Å². The normalized spacial score (nSPS) is 12.0. The first-order chi connectivity index (χ1) is 17.1. The molecule has 0 aliphatic carbocycles. The zero-order chi connectivity index (χ0) is 26.7. The molecule has 36 heavy (non-hydrogen) atoms. The summed E-state index contributed by atoms with van der Waals surface area (Å²) in [6, 6.07) is 14.1. The number of rotatable bonds is 14. The summed E-state index contributed by atoms with van der Waals surface area (Å²) < 4.78 is 31.7. The van der Waals surface area contributed by atoms with Crippen LogP contribution in [-0.4, -0.2) is 57.1 Å². The van der Waals surface area contributed by atoms with Gasteiger partial charge in [0, 0.05) is 26.1 Å². The molecule has 0 aliphatic heterocycles. The Morgan fingerprint density at radius 3 is 2.17 bits per heavy atom. The maximum absolute atomic E-state index is 13.4. The largest absolute Gasteiger partial charge is 0.494 e. The van der Waals surface area contributed by atoms with Crippen LogP contribution in [0.15, 0.2) is 48.5 Å². The van der Waals surface area contributed by atoms with E-state index < -0.39 is 16.1 Å². The maximum atomic E-state index is 13.4. The fourth-order valence-electron chi connectivity index (χ4n) is 3.98. The first-order valence-electron chi connectivity index (χ1n) is 12.4. The lowest BCUT2D eigenvalue weighted by atomic mass is 10.1. The van der Waals surface area contributed by atoms with Crippen LogP contribution < -0.4 is 14.4 Å². The van der Waals surface area contributed by atoms with E-state index in [2.05, 4.69) is 5.32 Å². The van der Waals surface area contributed by atoms with E-state index in [1.807, 2.05) is 52.0 Å². The van der Waals surface area contributed by atoms with Gasteiger partial charge in [0.1, 0.15) is 11.8 Å². The molecule has 2 aromatic carbocycles. The minimum absolute atomic E-state index is 0.116. The highest BCUT2D eigenvalue weighted by atomic mass is 32.2. The maximum Gasteiger partial charge on any atom is 0.242 e. The Bertz CT molecular complexity index is 1090. The molecular formula is C27H39N3O5S. The van der Waals surface area contributed by atoms with Crippen LogP contribution in [0.1, 0.15) is 51.2 Å². The van der Waals surface area contributed by atoms with Gasteiger partial charge in [-0.1, -0.05) is 36.8 Å². The Hall–Kier alpha value is -3.07. The first kappa shape index (κ1) is 29.2. The number of carbonyl (C=O) groups excluding carboxylic acids is 2. The molecule has 198 valence electrons. The Balaban J connectivity index is 2.17. The zero-order valence-electron chi connectivity index (χ0n) is 22.0. The molecule has 0 heterocycles. The number of ether oxygens (including phenoxy) is 1. The second-order valence-corrected chi connectivity index (χ2v) is 10.6. The van der Waals surface area contributed by atoms with Crippen molar-refractivity contribution in [2.75, 3.05) is 30.3 Å². The lowest BCUT2D eigenvalue weighted by Crippen LogP contribution is -2.49. The number of nitrogens with one attached hydrogen (secondary N) is 1. The van der Waals surface area contributed by atoms with Crippen LogP contribution in [0.5, 0.6) is 5.75 Å².